The molecule has 0 saturated carbocycles. The van der Waals surface area contributed by atoms with Gasteiger partial charge in [0, 0.05) is 5.56 Å². The number of methoxy groups -OCH3 is 1. The van der Waals surface area contributed by atoms with Gasteiger partial charge in [0.2, 0.25) is 11.6 Å². The van der Waals surface area contributed by atoms with Crippen LogP contribution in [-0.2, 0) is 6.61 Å². The Morgan fingerprint density at radius 2 is 2.14 bits per heavy atom. The van der Waals surface area contributed by atoms with E-state index in [0.717, 1.165) is 4.68 Å². The van der Waals surface area contributed by atoms with Gasteiger partial charge in [0.25, 0.3) is 5.91 Å². The summed E-state index contributed by atoms with van der Waals surface area (Å²) in [6.07, 6.45) is 1.40. The number of benzene rings is 2. The molecule has 0 aliphatic rings. The third-order valence-corrected chi connectivity index (χ3v) is 5.30. The van der Waals surface area contributed by atoms with Crippen LogP contribution in [0.1, 0.15) is 27.3 Å². The number of carbonyl (C=O) groups excluding carboxylic acids is 1. The van der Waals surface area contributed by atoms with Gasteiger partial charge in [-0.3, -0.25) is 4.79 Å². The number of hydrazone groups is 1. The lowest BCUT2D eigenvalue weighted by atomic mass is 10.2. The summed E-state index contributed by atoms with van der Waals surface area (Å²) in [6.45, 7) is 1.60. The maximum Gasteiger partial charge on any atom is 0.292 e. The molecule has 0 spiro atoms. The van der Waals surface area contributed by atoms with Crippen LogP contribution in [0.3, 0.4) is 0 Å². The van der Waals surface area contributed by atoms with Crippen molar-refractivity contribution < 1.29 is 23.3 Å². The van der Waals surface area contributed by atoms with Gasteiger partial charge in [-0.15, -0.1) is 5.10 Å². The van der Waals surface area contributed by atoms with E-state index in [2.05, 4.69) is 51.7 Å². The molecule has 0 bridgehead atoms. The fourth-order valence-electron chi connectivity index (χ4n) is 3.04. The first-order chi connectivity index (χ1) is 16.9. The second-order valence-electron chi connectivity index (χ2n) is 7.02. The smallest absolute Gasteiger partial charge is 0.292 e. The van der Waals surface area contributed by atoms with Crippen molar-refractivity contribution in [3.05, 3.63) is 69.2 Å². The number of carbonyl (C=O) groups is 1. The number of aryl methyl sites for hydroxylation is 1. The molecular formula is C21H18BrFN8O4. The van der Waals surface area contributed by atoms with E-state index in [9.17, 15) is 9.18 Å². The van der Waals surface area contributed by atoms with Crippen molar-refractivity contribution in [2.45, 2.75) is 13.5 Å². The van der Waals surface area contributed by atoms with Gasteiger partial charge in [0.15, 0.2) is 17.2 Å². The Balaban J connectivity index is 1.49. The van der Waals surface area contributed by atoms with Crippen LogP contribution in [-0.4, -0.2) is 44.5 Å². The maximum absolute atomic E-state index is 13.9. The quantitative estimate of drug-likeness (QED) is 0.251. The first-order valence-corrected chi connectivity index (χ1v) is 10.8. The number of anilines is 1. The third kappa shape index (κ3) is 5.11. The molecule has 1 amide bonds. The number of ether oxygens (including phenoxy) is 2. The molecule has 0 fully saturated rings. The van der Waals surface area contributed by atoms with Crippen molar-refractivity contribution in [2.75, 3.05) is 12.8 Å². The Morgan fingerprint density at radius 3 is 2.86 bits per heavy atom. The summed E-state index contributed by atoms with van der Waals surface area (Å²) < 4.78 is 31.3. The number of nitrogens with one attached hydrogen (secondary N) is 1. The Hall–Kier alpha value is -4.33. The fourth-order valence-corrected chi connectivity index (χ4v) is 3.62. The molecule has 0 saturated heterocycles. The van der Waals surface area contributed by atoms with Gasteiger partial charge in [-0.1, -0.05) is 23.4 Å². The standard InChI is InChI=1S/C21H18BrFN8O4/c1-11-17(31(30-26-11)20-19(24)28-35-29-20)21(32)27-25-9-12-7-14(22)18(16(8-12)33-2)34-10-13-5-3-4-6-15(13)23/h3-9H,10H2,1-2H3,(H2,24,28)(H,27,32). The zero-order chi connectivity index (χ0) is 24.9. The molecule has 0 atom stereocenters. The summed E-state index contributed by atoms with van der Waals surface area (Å²) in [4.78, 5) is 12.7. The van der Waals surface area contributed by atoms with Gasteiger partial charge >= 0.3 is 0 Å². The molecule has 4 rings (SSSR count). The van der Waals surface area contributed by atoms with E-state index in [1.807, 2.05) is 0 Å². The summed E-state index contributed by atoms with van der Waals surface area (Å²) in [6, 6.07) is 9.68. The normalized spacial score (nSPS) is 11.1. The van der Waals surface area contributed by atoms with E-state index in [1.54, 1.807) is 37.3 Å². The predicted molar refractivity (Wildman–Crippen MR) is 125 cm³/mol. The molecule has 12 nitrogen and oxygen atoms in total. The van der Waals surface area contributed by atoms with E-state index in [1.165, 1.54) is 19.4 Å². The average Bonchev–Trinajstić information content (AvgIpc) is 3.43. The minimum atomic E-state index is -0.609. The van der Waals surface area contributed by atoms with Crippen molar-refractivity contribution in [3.63, 3.8) is 0 Å². The van der Waals surface area contributed by atoms with Gasteiger partial charge in [0.1, 0.15) is 12.4 Å². The number of hydrogen-bond acceptors (Lipinski definition) is 10. The first kappa shape index (κ1) is 23.8. The Kier molecular flexibility index (Phi) is 7.01. The summed E-state index contributed by atoms with van der Waals surface area (Å²) in [5.74, 6) is -0.226. The number of amides is 1. The highest BCUT2D eigenvalue weighted by atomic mass is 79.9. The van der Waals surface area contributed by atoms with Gasteiger partial charge in [-0.25, -0.2) is 14.4 Å². The number of halogens is 2. The summed E-state index contributed by atoms with van der Waals surface area (Å²) >= 11 is 3.43. The average molecular weight is 545 g/mol. The maximum atomic E-state index is 13.9. The molecular weight excluding hydrogens is 527 g/mol. The van der Waals surface area contributed by atoms with Crippen LogP contribution >= 0.6 is 15.9 Å². The van der Waals surface area contributed by atoms with Gasteiger partial charge in [-0.05, 0) is 56.9 Å². The number of aromatic nitrogens is 5. The van der Waals surface area contributed by atoms with Crippen LogP contribution in [0, 0.1) is 12.7 Å². The van der Waals surface area contributed by atoms with Gasteiger partial charge in [-0.2, -0.15) is 9.78 Å². The minimum absolute atomic E-state index is 0.0117. The van der Waals surface area contributed by atoms with E-state index in [4.69, 9.17) is 15.2 Å². The summed E-state index contributed by atoms with van der Waals surface area (Å²) in [7, 11) is 1.47. The molecule has 2 heterocycles. The molecule has 2 aromatic carbocycles. The van der Waals surface area contributed by atoms with Crippen LogP contribution in [0.2, 0.25) is 0 Å². The number of nitrogens with zero attached hydrogens (tertiary/aromatic N) is 6. The Bertz CT molecular complexity index is 1400. The predicted octanol–water partition coefficient (Wildman–Crippen LogP) is 2.79. The zero-order valence-electron chi connectivity index (χ0n) is 18.4. The van der Waals surface area contributed by atoms with E-state index < -0.39 is 5.91 Å². The van der Waals surface area contributed by atoms with Crippen molar-refractivity contribution >= 4 is 33.9 Å². The molecule has 14 heteroatoms. The van der Waals surface area contributed by atoms with Gasteiger partial charge in [0.05, 0.1) is 23.5 Å². The molecule has 0 unspecified atom stereocenters. The van der Waals surface area contributed by atoms with Crippen molar-refractivity contribution in [1.82, 2.24) is 30.7 Å². The van der Waals surface area contributed by atoms with Crippen LogP contribution in [0.4, 0.5) is 10.2 Å². The van der Waals surface area contributed by atoms with E-state index >= 15 is 0 Å². The highest BCUT2D eigenvalue weighted by Gasteiger charge is 2.22. The molecule has 0 radical (unpaired) electrons. The number of nitrogen functional groups attached to an aromatic ring is 1. The number of hydrogen-bond donors (Lipinski definition) is 2. The topological polar surface area (TPSA) is 156 Å². The summed E-state index contributed by atoms with van der Waals surface area (Å²) in [5.41, 5.74) is 9.45. The fraction of sp³-hybridized carbons (Fsp3) is 0.143. The molecule has 3 N–H and O–H groups in total. The third-order valence-electron chi connectivity index (χ3n) is 4.71. The van der Waals surface area contributed by atoms with Crippen molar-refractivity contribution in [1.29, 1.82) is 0 Å². The SMILES string of the molecule is COc1cc(C=NNC(=O)c2c(C)nnn2-c2nonc2N)cc(Br)c1OCc1ccccc1F. The molecule has 2 aromatic heterocycles. The lowest BCUT2D eigenvalue weighted by Crippen LogP contribution is -2.22. The molecule has 0 aliphatic carbocycles. The van der Waals surface area contributed by atoms with Crippen LogP contribution in [0.15, 0.2) is 50.6 Å². The Morgan fingerprint density at radius 1 is 1.34 bits per heavy atom. The van der Waals surface area contributed by atoms with Crippen LogP contribution < -0.4 is 20.6 Å². The summed E-state index contributed by atoms with van der Waals surface area (Å²) in [5, 5.41) is 18.8. The minimum Gasteiger partial charge on any atom is -0.493 e. The van der Waals surface area contributed by atoms with Crippen LogP contribution in [0.25, 0.3) is 5.82 Å². The lowest BCUT2D eigenvalue weighted by Gasteiger charge is -2.14. The van der Waals surface area contributed by atoms with E-state index in [0.29, 0.717) is 32.8 Å². The molecule has 35 heavy (non-hydrogen) atoms. The highest BCUT2D eigenvalue weighted by molar-refractivity contribution is 9.10. The molecule has 0 aliphatic heterocycles. The zero-order valence-corrected chi connectivity index (χ0v) is 20.0. The number of rotatable bonds is 8. The lowest BCUT2D eigenvalue weighted by molar-refractivity contribution is 0.0946. The molecule has 4 aromatic rings. The molecule has 180 valence electrons. The monoisotopic (exact) mass is 544 g/mol. The number of nitrogens with two attached hydrogens (primary N) is 1. The van der Waals surface area contributed by atoms with Gasteiger partial charge < -0.3 is 15.2 Å². The second-order valence-corrected chi connectivity index (χ2v) is 7.88. The second kappa shape index (κ2) is 10.3. The highest BCUT2D eigenvalue weighted by Crippen LogP contribution is 2.37. The van der Waals surface area contributed by atoms with Crippen molar-refractivity contribution in [3.8, 4) is 17.3 Å². The van der Waals surface area contributed by atoms with Crippen molar-refractivity contribution in [2.24, 2.45) is 5.10 Å². The van der Waals surface area contributed by atoms with Crippen LogP contribution in [0.5, 0.6) is 11.5 Å². The largest absolute Gasteiger partial charge is 0.493 e. The Labute approximate surface area is 206 Å². The van der Waals surface area contributed by atoms with E-state index in [-0.39, 0.29) is 29.8 Å². The first-order valence-electron chi connectivity index (χ1n) is 9.97.